The van der Waals surface area contributed by atoms with Gasteiger partial charge in [0.15, 0.2) is 5.66 Å². The Morgan fingerprint density at radius 2 is 1.38 bits per heavy atom. The zero-order chi connectivity index (χ0) is 19.8. The molecule has 4 nitrogen and oxygen atoms in total. The second kappa shape index (κ2) is 5.51. The Hall–Kier alpha value is -3.53. The van der Waals surface area contributed by atoms with Gasteiger partial charge in [0.1, 0.15) is 17.3 Å². The number of aryl methyl sites for hydroxylation is 1. The molecule has 0 aliphatic carbocycles. The van der Waals surface area contributed by atoms with Crippen LogP contribution in [0.1, 0.15) is 22.5 Å². The summed E-state index contributed by atoms with van der Waals surface area (Å²) in [5.74, 6) is 2.77. The van der Waals surface area contributed by atoms with Gasteiger partial charge in [0.2, 0.25) is 0 Å². The number of imidazole rings is 1. The van der Waals surface area contributed by atoms with Crippen molar-refractivity contribution in [2.45, 2.75) is 19.5 Å². The second-order valence-corrected chi connectivity index (χ2v) is 7.78. The fraction of sp³-hybridized carbons (Fsp3) is 0.160. The summed E-state index contributed by atoms with van der Waals surface area (Å²) >= 11 is 0. The first-order chi connectivity index (χ1) is 14.1. The van der Waals surface area contributed by atoms with Gasteiger partial charge in [-0.05, 0) is 38.1 Å². The Labute approximate surface area is 170 Å². The van der Waals surface area contributed by atoms with Crippen LogP contribution in [0, 0.1) is 13.8 Å². The Morgan fingerprint density at radius 1 is 0.793 bits per heavy atom. The van der Waals surface area contributed by atoms with Crippen LogP contribution in [0.25, 0.3) is 11.4 Å². The van der Waals surface area contributed by atoms with Crippen molar-refractivity contribution in [1.82, 2.24) is 9.55 Å². The van der Waals surface area contributed by atoms with Crippen molar-refractivity contribution in [3.8, 4) is 22.9 Å². The topological polar surface area (TPSA) is 30.3 Å². The third-order valence-corrected chi connectivity index (χ3v) is 6.40. The van der Waals surface area contributed by atoms with E-state index < -0.39 is 5.66 Å². The van der Waals surface area contributed by atoms with Crippen LogP contribution in [-0.4, -0.2) is 16.6 Å². The average Bonchev–Trinajstić information content (AvgIpc) is 3.06. The first-order valence-electron chi connectivity index (χ1n) is 9.90. The van der Waals surface area contributed by atoms with Gasteiger partial charge in [0.25, 0.3) is 0 Å². The van der Waals surface area contributed by atoms with Crippen LogP contribution in [0.5, 0.6) is 11.5 Å². The van der Waals surface area contributed by atoms with Gasteiger partial charge >= 0.3 is 0 Å². The number of nitrogens with zero attached hydrogens (tertiary/aromatic N) is 3. The van der Waals surface area contributed by atoms with E-state index in [9.17, 15) is 0 Å². The number of anilines is 1. The molecule has 0 amide bonds. The van der Waals surface area contributed by atoms with E-state index >= 15 is 0 Å². The lowest BCUT2D eigenvalue weighted by Gasteiger charge is -2.51. The summed E-state index contributed by atoms with van der Waals surface area (Å²) in [4.78, 5) is 7.40. The molecule has 2 aliphatic rings. The molecule has 0 radical (unpaired) electrons. The number of hydrogen-bond donors (Lipinski definition) is 0. The van der Waals surface area contributed by atoms with Gasteiger partial charge in [-0.2, -0.15) is 0 Å². The summed E-state index contributed by atoms with van der Waals surface area (Å²) in [5.41, 5.74) is 6.20. The smallest absolute Gasteiger partial charge is 0.178 e. The van der Waals surface area contributed by atoms with Crippen molar-refractivity contribution in [1.29, 1.82) is 0 Å². The van der Waals surface area contributed by atoms with Crippen LogP contribution in [0.15, 0.2) is 72.8 Å². The lowest BCUT2D eigenvalue weighted by molar-refractivity contribution is 0.342. The first-order valence-corrected chi connectivity index (χ1v) is 9.90. The third-order valence-electron chi connectivity index (χ3n) is 6.40. The molecule has 1 spiro atoms. The predicted octanol–water partition coefficient (Wildman–Crippen LogP) is 5.47. The maximum Gasteiger partial charge on any atom is 0.178 e. The maximum atomic E-state index is 6.34. The Kier molecular flexibility index (Phi) is 3.12. The number of benzene rings is 3. The summed E-state index contributed by atoms with van der Waals surface area (Å²) in [6.07, 6.45) is 0. The van der Waals surface area contributed by atoms with Crippen LogP contribution >= 0.6 is 0 Å². The predicted molar refractivity (Wildman–Crippen MR) is 115 cm³/mol. The van der Waals surface area contributed by atoms with E-state index in [0.717, 1.165) is 51.1 Å². The number of ether oxygens (including phenoxy) is 1. The molecule has 3 heterocycles. The molecule has 1 aromatic heterocycles. The quantitative estimate of drug-likeness (QED) is 0.406. The van der Waals surface area contributed by atoms with E-state index in [1.54, 1.807) is 0 Å². The molecule has 0 saturated heterocycles. The molecule has 2 aliphatic heterocycles. The van der Waals surface area contributed by atoms with Gasteiger partial charge in [-0.15, -0.1) is 0 Å². The molecule has 0 atom stereocenters. The van der Waals surface area contributed by atoms with E-state index in [1.165, 1.54) is 0 Å². The zero-order valence-electron chi connectivity index (χ0n) is 16.7. The highest BCUT2D eigenvalue weighted by Gasteiger charge is 2.52. The molecular weight excluding hydrogens is 358 g/mol. The van der Waals surface area contributed by atoms with Crippen LogP contribution in [0.3, 0.4) is 0 Å². The minimum absolute atomic E-state index is 0.569. The summed E-state index contributed by atoms with van der Waals surface area (Å²) in [6.45, 7) is 4.25. The van der Waals surface area contributed by atoms with Gasteiger partial charge in [0, 0.05) is 35.1 Å². The SMILES string of the molecule is Cc1nc2n(c1C)C1(c3ccccc3Oc3ccccc31)N(C)c1ccccc1-2. The number of para-hydroxylation sites is 3. The van der Waals surface area contributed by atoms with Gasteiger partial charge in [-0.3, -0.25) is 4.57 Å². The molecule has 4 aromatic rings. The fourth-order valence-corrected chi connectivity index (χ4v) is 5.02. The maximum absolute atomic E-state index is 6.34. The highest BCUT2D eigenvalue weighted by Crippen LogP contribution is 2.56. The number of fused-ring (bicyclic) bond motifs is 8. The van der Waals surface area contributed by atoms with Crippen LogP contribution < -0.4 is 9.64 Å². The molecule has 0 unspecified atom stereocenters. The Morgan fingerprint density at radius 3 is 2.07 bits per heavy atom. The standard InChI is InChI=1S/C25H21N3O/c1-16-17(2)28-24(26-16)18-10-4-7-13-21(18)27(3)25(28)19-11-5-8-14-22(19)29-23-15-9-6-12-20(23)25/h4-15H,1-3H3. The van der Waals surface area contributed by atoms with Crippen molar-refractivity contribution in [2.75, 3.05) is 11.9 Å². The van der Waals surface area contributed by atoms with E-state index in [4.69, 9.17) is 9.72 Å². The van der Waals surface area contributed by atoms with Crippen molar-refractivity contribution in [2.24, 2.45) is 0 Å². The second-order valence-electron chi connectivity index (χ2n) is 7.78. The molecule has 0 bridgehead atoms. The highest BCUT2D eigenvalue weighted by molar-refractivity contribution is 5.82. The minimum atomic E-state index is -0.569. The van der Waals surface area contributed by atoms with Gasteiger partial charge in [-0.1, -0.05) is 48.5 Å². The first kappa shape index (κ1) is 16.4. The summed E-state index contributed by atoms with van der Waals surface area (Å²) in [6, 6.07) is 25.2. The fourth-order valence-electron chi connectivity index (χ4n) is 5.02. The van der Waals surface area contributed by atoms with Crippen LogP contribution in [0.4, 0.5) is 5.69 Å². The van der Waals surface area contributed by atoms with Crippen molar-refractivity contribution < 1.29 is 4.74 Å². The van der Waals surface area contributed by atoms with Gasteiger partial charge < -0.3 is 9.64 Å². The van der Waals surface area contributed by atoms with Gasteiger partial charge in [-0.25, -0.2) is 4.98 Å². The number of rotatable bonds is 0. The number of aromatic nitrogens is 2. The Balaban J connectivity index is 1.85. The summed E-state index contributed by atoms with van der Waals surface area (Å²) in [7, 11) is 2.18. The molecule has 29 heavy (non-hydrogen) atoms. The van der Waals surface area contributed by atoms with E-state index in [-0.39, 0.29) is 0 Å². The largest absolute Gasteiger partial charge is 0.456 e. The van der Waals surface area contributed by atoms with Crippen LogP contribution in [0.2, 0.25) is 0 Å². The highest BCUT2D eigenvalue weighted by atomic mass is 16.5. The molecule has 142 valence electrons. The lowest BCUT2D eigenvalue weighted by Crippen LogP contribution is -2.54. The molecular formula is C25H21N3O. The summed E-state index contributed by atoms with van der Waals surface area (Å²) < 4.78 is 8.74. The van der Waals surface area contributed by atoms with E-state index in [2.05, 4.69) is 91.0 Å². The molecule has 0 saturated carbocycles. The molecule has 0 fully saturated rings. The summed E-state index contributed by atoms with van der Waals surface area (Å²) in [5, 5.41) is 0. The monoisotopic (exact) mass is 379 g/mol. The van der Waals surface area contributed by atoms with E-state index in [1.807, 2.05) is 12.1 Å². The molecule has 0 N–H and O–H groups in total. The third kappa shape index (κ3) is 1.86. The average molecular weight is 379 g/mol. The van der Waals surface area contributed by atoms with Gasteiger partial charge in [0.05, 0.1) is 5.69 Å². The lowest BCUT2D eigenvalue weighted by atomic mass is 9.83. The minimum Gasteiger partial charge on any atom is -0.456 e. The van der Waals surface area contributed by atoms with Crippen LogP contribution in [-0.2, 0) is 5.66 Å². The number of hydrogen-bond acceptors (Lipinski definition) is 3. The van der Waals surface area contributed by atoms with Crippen molar-refractivity contribution >= 4 is 5.69 Å². The molecule has 6 rings (SSSR count). The Bertz CT molecular complexity index is 1240. The van der Waals surface area contributed by atoms with Crippen molar-refractivity contribution in [3.05, 3.63) is 95.3 Å². The normalized spacial score (nSPS) is 15.2. The zero-order valence-corrected chi connectivity index (χ0v) is 16.7. The van der Waals surface area contributed by atoms with Crippen molar-refractivity contribution in [3.63, 3.8) is 0 Å². The van der Waals surface area contributed by atoms with E-state index in [0.29, 0.717) is 0 Å². The molecule has 3 aromatic carbocycles. The molecule has 4 heteroatoms.